The van der Waals surface area contributed by atoms with Crippen molar-refractivity contribution >= 4 is 29.3 Å². The molecule has 0 spiro atoms. The molecular formula is C19H24N4O5. The quantitative estimate of drug-likeness (QED) is 0.724. The van der Waals surface area contributed by atoms with E-state index in [0.717, 1.165) is 19.3 Å². The molecule has 1 fully saturated rings. The second-order valence-corrected chi connectivity index (χ2v) is 6.77. The first-order chi connectivity index (χ1) is 13.5. The van der Waals surface area contributed by atoms with Gasteiger partial charge in [0.25, 0.3) is 11.8 Å². The van der Waals surface area contributed by atoms with E-state index < -0.39 is 11.8 Å². The lowest BCUT2D eigenvalue weighted by atomic mass is 10.2. The zero-order valence-corrected chi connectivity index (χ0v) is 15.6. The minimum absolute atomic E-state index is 0.0502. The lowest BCUT2D eigenvalue weighted by molar-refractivity contribution is -0.136. The molecule has 9 heteroatoms. The van der Waals surface area contributed by atoms with Gasteiger partial charge in [-0.05, 0) is 25.0 Å². The van der Waals surface area contributed by atoms with Crippen LogP contribution in [0.25, 0.3) is 0 Å². The average molecular weight is 388 g/mol. The highest BCUT2D eigenvalue weighted by Gasteiger charge is 2.25. The SMILES string of the molecule is O=C(CN1CCCCCC1=O)NNC(=O)CN1C(=O)CCOc2ccccc21. The van der Waals surface area contributed by atoms with Crippen molar-refractivity contribution in [3.63, 3.8) is 0 Å². The van der Waals surface area contributed by atoms with Gasteiger partial charge in [0, 0.05) is 13.0 Å². The first kappa shape index (κ1) is 19.7. The van der Waals surface area contributed by atoms with Crippen LogP contribution in [0.1, 0.15) is 32.1 Å². The number of hydrogen-bond acceptors (Lipinski definition) is 5. The third-order valence-electron chi connectivity index (χ3n) is 4.68. The molecule has 0 saturated carbocycles. The van der Waals surface area contributed by atoms with Gasteiger partial charge in [-0.3, -0.25) is 34.9 Å². The van der Waals surface area contributed by atoms with Gasteiger partial charge in [0.15, 0.2) is 0 Å². The largest absolute Gasteiger partial charge is 0.491 e. The third kappa shape index (κ3) is 4.99. The molecule has 1 aromatic rings. The predicted molar refractivity (Wildman–Crippen MR) is 100 cm³/mol. The van der Waals surface area contributed by atoms with Crippen molar-refractivity contribution in [1.82, 2.24) is 15.8 Å². The number of para-hydroxylation sites is 2. The molecule has 2 aliphatic heterocycles. The molecule has 2 heterocycles. The second kappa shape index (κ2) is 9.20. The van der Waals surface area contributed by atoms with Crippen LogP contribution in [0, 0.1) is 0 Å². The van der Waals surface area contributed by atoms with Gasteiger partial charge in [0.1, 0.15) is 18.8 Å². The van der Waals surface area contributed by atoms with Crippen LogP contribution in [0.5, 0.6) is 5.75 Å². The molecule has 0 unspecified atom stereocenters. The molecular weight excluding hydrogens is 364 g/mol. The van der Waals surface area contributed by atoms with Gasteiger partial charge < -0.3 is 9.64 Å². The van der Waals surface area contributed by atoms with Gasteiger partial charge >= 0.3 is 0 Å². The van der Waals surface area contributed by atoms with Gasteiger partial charge in [0.05, 0.1) is 18.7 Å². The van der Waals surface area contributed by atoms with E-state index in [-0.39, 0.29) is 37.9 Å². The van der Waals surface area contributed by atoms with Crippen molar-refractivity contribution in [3.8, 4) is 5.75 Å². The number of carbonyl (C=O) groups excluding carboxylic acids is 4. The maximum atomic E-state index is 12.3. The molecule has 0 radical (unpaired) electrons. The van der Waals surface area contributed by atoms with Crippen molar-refractivity contribution in [2.24, 2.45) is 0 Å². The normalized spacial score (nSPS) is 17.1. The Kier molecular flexibility index (Phi) is 6.46. The van der Waals surface area contributed by atoms with Crippen molar-refractivity contribution in [3.05, 3.63) is 24.3 Å². The molecule has 0 bridgehead atoms. The number of likely N-dealkylation sites (tertiary alicyclic amines) is 1. The Hall–Kier alpha value is -3.10. The molecule has 2 N–H and O–H groups in total. The first-order valence-electron chi connectivity index (χ1n) is 9.42. The van der Waals surface area contributed by atoms with Crippen molar-refractivity contribution in [2.75, 3.05) is 31.1 Å². The fourth-order valence-electron chi connectivity index (χ4n) is 3.23. The van der Waals surface area contributed by atoms with Gasteiger partial charge in [-0.25, -0.2) is 0 Å². The number of hydrogen-bond donors (Lipinski definition) is 2. The van der Waals surface area contributed by atoms with Gasteiger partial charge in [-0.2, -0.15) is 0 Å². The Morgan fingerprint density at radius 2 is 1.68 bits per heavy atom. The molecule has 3 rings (SSSR count). The van der Waals surface area contributed by atoms with Crippen molar-refractivity contribution in [2.45, 2.75) is 32.1 Å². The standard InChI is InChI=1S/C19H24N4O5/c24-16(12-22-10-5-1-2-8-18(22)26)20-21-17(25)13-23-14-6-3-4-7-15(14)28-11-9-19(23)27/h3-4,6-7H,1-2,5,8-13H2,(H,20,24)(H,21,25). The summed E-state index contributed by atoms with van der Waals surface area (Å²) in [6, 6.07) is 6.98. The number of amides is 4. The lowest BCUT2D eigenvalue weighted by Gasteiger charge is -2.22. The summed E-state index contributed by atoms with van der Waals surface area (Å²) in [7, 11) is 0. The number of rotatable bonds is 4. The molecule has 0 aromatic heterocycles. The van der Waals surface area contributed by atoms with Crippen molar-refractivity contribution in [1.29, 1.82) is 0 Å². The Labute approximate surface area is 163 Å². The van der Waals surface area contributed by atoms with Crippen LogP contribution in [-0.2, 0) is 19.2 Å². The summed E-state index contributed by atoms with van der Waals surface area (Å²) in [5, 5.41) is 0. The number of ether oxygens (including phenoxy) is 1. The van der Waals surface area contributed by atoms with E-state index in [1.165, 1.54) is 9.80 Å². The number of anilines is 1. The molecule has 9 nitrogen and oxygen atoms in total. The van der Waals surface area contributed by atoms with Gasteiger partial charge in [-0.15, -0.1) is 0 Å². The summed E-state index contributed by atoms with van der Waals surface area (Å²) < 4.78 is 5.53. The number of nitrogens with zero attached hydrogens (tertiary/aromatic N) is 2. The maximum absolute atomic E-state index is 12.3. The van der Waals surface area contributed by atoms with E-state index >= 15 is 0 Å². The van der Waals surface area contributed by atoms with Crippen LogP contribution in [0.3, 0.4) is 0 Å². The highest BCUT2D eigenvalue weighted by atomic mass is 16.5. The van der Waals surface area contributed by atoms with E-state index in [1.807, 2.05) is 0 Å². The van der Waals surface area contributed by atoms with Crippen LogP contribution < -0.4 is 20.5 Å². The fourth-order valence-corrected chi connectivity index (χ4v) is 3.23. The monoisotopic (exact) mass is 388 g/mol. The molecule has 150 valence electrons. The Bertz CT molecular complexity index is 766. The lowest BCUT2D eigenvalue weighted by Crippen LogP contribution is -2.50. The summed E-state index contributed by atoms with van der Waals surface area (Å²) >= 11 is 0. The van der Waals surface area contributed by atoms with Crippen molar-refractivity contribution < 1.29 is 23.9 Å². The minimum Gasteiger partial charge on any atom is -0.491 e. The summed E-state index contributed by atoms with van der Waals surface area (Å²) in [4.78, 5) is 51.4. The summed E-state index contributed by atoms with van der Waals surface area (Å²) in [6.07, 6.45) is 3.27. The summed E-state index contributed by atoms with van der Waals surface area (Å²) in [5.74, 6) is -0.771. The van der Waals surface area contributed by atoms with Crippen LogP contribution in [0.2, 0.25) is 0 Å². The minimum atomic E-state index is -0.541. The number of carbonyl (C=O) groups is 4. The number of fused-ring (bicyclic) bond motifs is 1. The van der Waals surface area contributed by atoms with Crippen LogP contribution in [0.15, 0.2) is 24.3 Å². The molecule has 0 aliphatic carbocycles. The molecule has 0 atom stereocenters. The first-order valence-corrected chi connectivity index (χ1v) is 9.42. The highest BCUT2D eigenvalue weighted by Crippen LogP contribution is 2.30. The van der Waals surface area contributed by atoms with Crippen LogP contribution >= 0.6 is 0 Å². The van der Waals surface area contributed by atoms with Gasteiger partial charge in [0.2, 0.25) is 11.8 Å². The number of nitrogens with one attached hydrogen (secondary N) is 2. The van der Waals surface area contributed by atoms with E-state index in [0.29, 0.717) is 24.4 Å². The zero-order chi connectivity index (χ0) is 19.9. The van der Waals surface area contributed by atoms with E-state index in [2.05, 4.69) is 10.9 Å². The predicted octanol–water partition coefficient (Wildman–Crippen LogP) is 0.352. The van der Waals surface area contributed by atoms with Crippen LogP contribution in [0.4, 0.5) is 5.69 Å². The fraction of sp³-hybridized carbons (Fsp3) is 0.474. The smallest absolute Gasteiger partial charge is 0.258 e. The number of hydrazine groups is 1. The Balaban J connectivity index is 1.53. The summed E-state index contributed by atoms with van der Waals surface area (Å²) in [6.45, 7) is 0.439. The topological polar surface area (TPSA) is 108 Å². The maximum Gasteiger partial charge on any atom is 0.258 e. The average Bonchev–Trinajstić information content (AvgIpc) is 2.97. The third-order valence-corrected chi connectivity index (χ3v) is 4.68. The summed E-state index contributed by atoms with van der Waals surface area (Å²) in [5.41, 5.74) is 5.14. The number of benzene rings is 1. The van der Waals surface area contributed by atoms with E-state index in [4.69, 9.17) is 4.74 Å². The van der Waals surface area contributed by atoms with Crippen LogP contribution in [-0.4, -0.2) is 54.8 Å². The molecule has 4 amide bonds. The highest BCUT2D eigenvalue weighted by molar-refractivity contribution is 6.00. The van der Waals surface area contributed by atoms with Gasteiger partial charge in [-0.1, -0.05) is 18.6 Å². The zero-order valence-electron chi connectivity index (χ0n) is 15.6. The molecule has 2 aliphatic rings. The van der Waals surface area contributed by atoms with E-state index in [9.17, 15) is 19.2 Å². The molecule has 1 saturated heterocycles. The molecule has 28 heavy (non-hydrogen) atoms. The molecule has 1 aromatic carbocycles. The Morgan fingerprint density at radius 1 is 0.929 bits per heavy atom. The Morgan fingerprint density at radius 3 is 2.50 bits per heavy atom. The second-order valence-electron chi connectivity index (χ2n) is 6.77. The van der Waals surface area contributed by atoms with E-state index in [1.54, 1.807) is 24.3 Å².